The predicted molar refractivity (Wildman–Crippen MR) is 104 cm³/mol. The SMILES string of the molecule is CCCCCC(O)CCCC(Cc1ccc(CCC(=O)O)cc1)C(C)=O. The molecule has 1 aromatic carbocycles. The first kappa shape index (κ1) is 22.4. The van der Waals surface area contributed by atoms with Crippen LogP contribution >= 0.6 is 0 Å². The van der Waals surface area contributed by atoms with Gasteiger partial charge in [0.25, 0.3) is 0 Å². The summed E-state index contributed by atoms with van der Waals surface area (Å²) < 4.78 is 0. The molecular formula is C22H34O4. The number of carboxylic acids is 1. The number of aliphatic carboxylic acids is 1. The van der Waals surface area contributed by atoms with Crippen LogP contribution in [0.25, 0.3) is 0 Å². The van der Waals surface area contributed by atoms with Crippen molar-refractivity contribution in [2.24, 2.45) is 5.92 Å². The van der Waals surface area contributed by atoms with Crippen LogP contribution in [0.4, 0.5) is 0 Å². The molecule has 1 aromatic rings. The van der Waals surface area contributed by atoms with E-state index in [1.807, 2.05) is 24.3 Å². The fraction of sp³-hybridized carbons (Fsp3) is 0.636. The topological polar surface area (TPSA) is 74.6 Å². The van der Waals surface area contributed by atoms with Crippen molar-refractivity contribution < 1.29 is 19.8 Å². The zero-order chi connectivity index (χ0) is 19.4. The molecule has 2 atom stereocenters. The number of unbranched alkanes of at least 4 members (excludes halogenated alkanes) is 2. The lowest BCUT2D eigenvalue weighted by Crippen LogP contribution is -2.15. The van der Waals surface area contributed by atoms with Crippen molar-refractivity contribution in [1.82, 2.24) is 0 Å². The van der Waals surface area contributed by atoms with Gasteiger partial charge in [0, 0.05) is 12.3 Å². The number of hydrogen-bond donors (Lipinski definition) is 2. The maximum atomic E-state index is 12.0. The predicted octanol–water partition coefficient (Wildman–Crippen LogP) is 4.56. The second kappa shape index (κ2) is 12.6. The minimum Gasteiger partial charge on any atom is -0.481 e. The lowest BCUT2D eigenvalue weighted by Gasteiger charge is -2.16. The molecule has 0 amide bonds. The fourth-order valence-electron chi connectivity index (χ4n) is 3.20. The van der Waals surface area contributed by atoms with Crippen molar-refractivity contribution in [3.8, 4) is 0 Å². The Bertz CT molecular complexity index is 536. The molecule has 0 saturated carbocycles. The first-order valence-corrected chi connectivity index (χ1v) is 9.90. The summed E-state index contributed by atoms with van der Waals surface area (Å²) in [5, 5.41) is 18.7. The van der Waals surface area contributed by atoms with Crippen molar-refractivity contribution in [1.29, 1.82) is 0 Å². The van der Waals surface area contributed by atoms with Crippen LogP contribution in [-0.4, -0.2) is 28.1 Å². The molecule has 0 spiro atoms. The van der Waals surface area contributed by atoms with E-state index in [0.29, 0.717) is 12.8 Å². The van der Waals surface area contributed by atoms with Gasteiger partial charge in [-0.3, -0.25) is 9.59 Å². The van der Waals surface area contributed by atoms with E-state index >= 15 is 0 Å². The number of carboxylic acid groups (broad SMARTS) is 1. The van der Waals surface area contributed by atoms with Crippen molar-refractivity contribution >= 4 is 11.8 Å². The molecule has 4 heteroatoms. The van der Waals surface area contributed by atoms with Crippen LogP contribution in [0.15, 0.2) is 24.3 Å². The fourth-order valence-corrected chi connectivity index (χ4v) is 3.20. The number of benzene rings is 1. The van der Waals surface area contributed by atoms with Crippen LogP contribution < -0.4 is 0 Å². The van der Waals surface area contributed by atoms with Gasteiger partial charge < -0.3 is 10.2 Å². The summed E-state index contributed by atoms with van der Waals surface area (Å²) in [6.07, 6.45) is 7.82. The van der Waals surface area contributed by atoms with E-state index in [0.717, 1.165) is 56.1 Å². The van der Waals surface area contributed by atoms with Crippen molar-refractivity contribution in [2.75, 3.05) is 0 Å². The van der Waals surface area contributed by atoms with E-state index in [2.05, 4.69) is 6.92 Å². The number of aliphatic hydroxyl groups is 1. The molecule has 0 aliphatic carbocycles. The Hall–Kier alpha value is -1.68. The Morgan fingerprint density at radius 3 is 2.15 bits per heavy atom. The largest absolute Gasteiger partial charge is 0.481 e. The molecule has 2 N–H and O–H groups in total. The van der Waals surface area contributed by atoms with E-state index in [9.17, 15) is 14.7 Å². The molecule has 0 aromatic heterocycles. The number of hydrogen-bond acceptors (Lipinski definition) is 3. The van der Waals surface area contributed by atoms with E-state index < -0.39 is 5.97 Å². The van der Waals surface area contributed by atoms with E-state index in [-0.39, 0.29) is 24.2 Å². The summed E-state index contributed by atoms with van der Waals surface area (Å²) in [5.41, 5.74) is 2.11. The summed E-state index contributed by atoms with van der Waals surface area (Å²) in [5.74, 6) is -0.606. The number of aryl methyl sites for hydroxylation is 1. The third-order valence-corrected chi connectivity index (χ3v) is 4.94. The van der Waals surface area contributed by atoms with Gasteiger partial charge in [-0.15, -0.1) is 0 Å². The Kier molecular flexibility index (Phi) is 10.9. The van der Waals surface area contributed by atoms with Crippen molar-refractivity contribution in [3.63, 3.8) is 0 Å². The smallest absolute Gasteiger partial charge is 0.303 e. The standard InChI is InChI=1S/C22H34O4/c1-3-4-5-8-21(24)9-6-7-20(17(2)23)16-19-12-10-18(11-13-19)14-15-22(25)26/h10-13,20-21,24H,3-9,14-16H2,1-2H3,(H,25,26). The monoisotopic (exact) mass is 362 g/mol. The lowest BCUT2D eigenvalue weighted by atomic mass is 9.89. The number of ketones is 1. The van der Waals surface area contributed by atoms with Crippen LogP contribution in [0, 0.1) is 5.92 Å². The lowest BCUT2D eigenvalue weighted by molar-refractivity contribution is -0.137. The van der Waals surface area contributed by atoms with Gasteiger partial charge >= 0.3 is 5.97 Å². The Balaban J connectivity index is 2.42. The third kappa shape index (κ3) is 9.71. The summed E-state index contributed by atoms with van der Waals surface area (Å²) in [7, 11) is 0. The first-order chi connectivity index (χ1) is 12.4. The van der Waals surface area contributed by atoms with Gasteiger partial charge in [-0.1, -0.05) is 56.9 Å². The van der Waals surface area contributed by atoms with Crippen molar-refractivity contribution in [2.45, 2.75) is 84.2 Å². The zero-order valence-electron chi connectivity index (χ0n) is 16.2. The summed E-state index contributed by atoms with van der Waals surface area (Å²) in [4.78, 5) is 22.6. The second-order valence-electron chi connectivity index (χ2n) is 7.30. The highest BCUT2D eigenvalue weighted by Gasteiger charge is 2.16. The molecule has 146 valence electrons. The summed E-state index contributed by atoms with van der Waals surface area (Å²) in [6.45, 7) is 3.80. The Labute approximate surface area is 157 Å². The minimum absolute atomic E-state index is 0.0114. The average Bonchev–Trinajstić information content (AvgIpc) is 2.60. The minimum atomic E-state index is -0.789. The number of Topliss-reactive ketones (excluding diaryl/α,β-unsaturated/α-hetero) is 1. The highest BCUT2D eigenvalue weighted by atomic mass is 16.4. The van der Waals surface area contributed by atoms with Crippen LogP contribution in [0.2, 0.25) is 0 Å². The average molecular weight is 363 g/mol. The molecule has 2 unspecified atom stereocenters. The maximum Gasteiger partial charge on any atom is 0.303 e. The first-order valence-electron chi connectivity index (χ1n) is 9.90. The molecule has 0 bridgehead atoms. The molecule has 1 rings (SSSR count). The van der Waals surface area contributed by atoms with Crippen LogP contribution in [0.3, 0.4) is 0 Å². The molecule has 0 fully saturated rings. The highest BCUT2D eigenvalue weighted by Crippen LogP contribution is 2.19. The Morgan fingerprint density at radius 2 is 1.58 bits per heavy atom. The van der Waals surface area contributed by atoms with Gasteiger partial charge in [-0.25, -0.2) is 0 Å². The molecule has 0 aliphatic heterocycles. The number of aliphatic hydroxyl groups excluding tert-OH is 1. The molecule has 4 nitrogen and oxygen atoms in total. The van der Waals surface area contributed by atoms with Crippen molar-refractivity contribution in [3.05, 3.63) is 35.4 Å². The van der Waals surface area contributed by atoms with Gasteiger partial charge in [0.15, 0.2) is 0 Å². The quantitative estimate of drug-likeness (QED) is 0.476. The molecule has 0 aliphatic rings. The molecule has 0 heterocycles. The number of carbonyl (C=O) groups excluding carboxylic acids is 1. The van der Waals surface area contributed by atoms with Gasteiger partial charge in [-0.2, -0.15) is 0 Å². The van der Waals surface area contributed by atoms with E-state index in [1.54, 1.807) is 6.92 Å². The van der Waals surface area contributed by atoms with E-state index in [1.165, 1.54) is 0 Å². The highest BCUT2D eigenvalue weighted by molar-refractivity contribution is 5.78. The molecule has 26 heavy (non-hydrogen) atoms. The van der Waals surface area contributed by atoms with E-state index in [4.69, 9.17) is 5.11 Å². The maximum absolute atomic E-state index is 12.0. The van der Waals surface area contributed by atoms with Gasteiger partial charge in [0.2, 0.25) is 0 Å². The Morgan fingerprint density at radius 1 is 0.962 bits per heavy atom. The van der Waals surface area contributed by atoms with Gasteiger partial charge in [-0.05, 0) is 50.2 Å². The molecule has 0 radical (unpaired) electrons. The molecular weight excluding hydrogens is 328 g/mol. The number of carbonyl (C=O) groups is 2. The van der Waals surface area contributed by atoms with Crippen LogP contribution in [0.5, 0.6) is 0 Å². The van der Waals surface area contributed by atoms with Crippen LogP contribution in [0.1, 0.15) is 76.3 Å². The zero-order valence-corrected chi connectivity index (χ0v) is 16.2. The van der Waals surface area contributed by atoms with Crippen LogP contribution in [-0.2, 0) is 22.4 Å². The summed E-state index contributed by atoms with van der Waals surface area (Å²) >= 11 is 0. The number of rotatable bonds is 14. The summed E-state index contributed by atoms with van der Waals surface area (Å²) in [6, 6.07) is 7.89. The van der Waals surface area contributed by atoms with Gasteiger partial charge in [0.1, 0.15) is 5.78 Å². The second-order valence-corrected chi connectivity index (χ2v) is 7.30. The molecule has 0 saturated heterocycles. The third-order valence-electron chi connectivity index (χ3n) is 4.94. The van der Waals surface area contributed by atoms with Gasteiger partial charge in [0.05, 0.1) is 6.10 Å². The normalized spacial score (nSPS) is 13.3.